The van der Waals surface area contributed by atoms with Crippen molar-refractivity contribution in [2.75, 3.05) is 7.11 Å². The Kier molecular flexibility index (Phi) is 3.85. The molecule has 24 heavy (non-hydrogen) atoms. The van der Waals surface area contributed by atoms with Gasteiger partial charge in [-0.15, -0.1) is 0 Å². The summed E-state index contributed by atoms with van der Waals surface area (Å²) < 4.78 is 7.36. The normalized spacial score (nSPS) is 10.8. The second kappa shape index (κ2) is 5.85. The van der Waals surface area contributed by atoms with Crippen LogP contribution < -0.4 is 15.3 Å². The zero-order valence-corrected chi connectivity index (χ0v) is 13.6. The van der Waals surface area contributed by atoms with E-state index < -0.39 is 5.97 Å². The molecule has 122 valence electrons. The molecule has 0 aliphatic heterocycles. The minimum atomic E-state index is -1.22. The first-order valence-corrected chi connectivity index (χ1v) is 7.46. The van der Waals surface area contributed by atoms with Gasteiger partial charge in [-0.2, -0.15) is 0 Å². The Hall–Kier alpha value is -3.08. The van der Waals surface area contributed by atoms with E-state index in [-0.39, 0.29) is 11.0 Å². The number of hydrogen-bond donors (Lipinski definition) is 0. The Morgan fingerprint density at radius 3 is 2.21 bits per heavy atom. The second-order valence-corrected chi connectivity index (χ2v) is 5.55. The number of carbonyl (C=O) groups excluding carboxylic acids is 1. The lowest BCUT2D eigenvalue weighted by Crippen LogP contribution is -2.22. The lowest BCUT2D eigenvalue weighted by atomic mass is 10.2. The molecule has 0 unspecified atom stereocenters. The fraction of sp³-hybridized carbons (Fsp3) is 0.158. The van der Waals surface area contributed by atoms with E-state index in [1.54, 1.807) is 31.4 Å². The highest BCUT2D eigenvalue weighted by molar-refractivity contribution is 5.93. The summed E-state index contributed by atoms with van der Waals surface area (Å²) in [6, 6.07) is 11.3. The van der Waals surface area contributed by atoms with Crippen molar-refractivity contribution in [1.82, 2.24) is 4.57 Å². The van der Waals surface area contributed by atoms with E-state index in [0.29, 0.717) is 11.1 Å². The Balaban J connectivity index is 2.36. The Morgan fingerprint density at radius 2 is 1.62 bits per heavy atom. The van der Waals surface area contributed by atoms with Gasteiger partial charge in [0, 0.05) is 22.5 Å². The van der Waals surface area contributed by atoms with E-state index in [0.717, 1.165) is 22.5 Å². The van der Waals surface area contributed by atoms with Gasteiger partial charge in [0.15, 0.2) is 5.43 Å². The first-order valence-electron chi connectivity index (χ1n) is 7.46. The molecule has 0 saturated heterocycles. The van der Waals surface area contributed by atoms with Gasteiger partial charge < -0.3 is 19.2 Å². The smallest absolute Gasteiger partial charge is 0.188 e. The van der Waals surface area contributed by atoms with Gasteiger partial charge in [0.1, 0.15) is 5.75 Å². The topological polar surface area (TPSA) is 71.4 Å². The molecule has 3 rings (SSSR count). The van der Waals surface area contributed by atoms with Gasteiger partial charge in [0.2, 0.25) is 0 Å². The van der Waals surface area contributed by atoms with Crippen LogP contribution in [0.15, 0.2) is 47.3 Å². The van der Waals surface area contributed by atoms with Gasteiger partial charge in [0.05, 0.1) is 18.5 Å². The molecule has 2 aromatic carbocycles. The van der Waals surface area contributed by atoms with Gasteiger partial charge >= 0.3 is 0 Å². The molecule has 0 N–H and O–H groups in total. The third kappa shape index (κ3) is 2.34. The van der Waals surface area contributed by atoms with E-state index in [4.69, 9.17) is 4.74 Å². The zero-order valence-electron chi connectivity index (χ0n) is 13.6. The minimum Gasteiger partial charge on any atom is -0.545 e. The minimum absolute atomic E-state index is 0.0843. The third-order valence-corrected chi connectivity index (χ3v) is 4.21. The van der Waals surface area contributed by atoms with Gasteiger partial charge in [-0.3, -0.25) is 4.79 Å². The fourth-order valence-corrected chi connectivity index (χ4v) is 3.13. The zero-order chi connectivity index (χ0) is 17.4. The fourth-order valence-electron chi connectivity index (χ4n) is 3.13. The van der Waals surface area contributed by atoms with Crippen molar-refractivity contribution in [2.24, 2.45) is 0 Å². The molecule has 0 atom stereocenters. The molecule has 5 nitrogen and oxygen atoms in total. The summed E-state index contributed by atoms with van der Waals surface area (Å²) in [5.41, 5.74) is 2.44. The van der Waals surface area contributed by atoms with Gasteiger partial charge in [-0.05, 0) is 43.7 Å². The molecule has 1 aromatic heterocycles. The average molecular weight is 322 g/mol. The highest BCUT2D eigenvalue weighted by atomic mass is 16.5. The lowest BCUT2D eigenvalue weighted by Gasteiger charge is -2.11. The Bertz CT molecular complexity index is 1000. The van der Waals surface area contributed by atoms with Gasteiger partial charge in [0.25, 0.3) is 0 Å². The van der Waals surface area contributed by atoms with E-state index in [9.17, 15) is 14.7 Å². The quantitative estimate of drug-likeness (QED) is 0.739. The van der Waals surface area contributed by atoms with Crippen LogP contribution in [0, 0.1) is 13.8 Å². The van der Waals surface area contributed by atoms with Crippen LogP contribution in [0.4, 0.5) is 0 Å². The molecule has 5 heteroatoms. The molecule has 0 amide bonds. The number of aromatic nitrogens is 1. The first kappa shape index (κ1) is 15.8. The number of aromatic carboxylic acids is 1. The molecule has 0 aliphatic carbocycles. The number of carboxylic acid groups (broad SMARTS) is 1. The number of carbonyl (C=O) groups is 1. The molecular weight excluding hydrogens is 306 g/mol. The van der Waals surface area contributed by atoms with Crippen LogP contribution in [-0.4, -0.2) is 17.6 Å². The van der Waals surface area contributed by atoms with Crippen molar-refractivity contribution in [3.63, 3.8) is 0 Å². The second-order valence-electron chi connectivity index (χ2n) is 5.55. The van der Waals surface area contributed by atoms with E-state index >= 15 is 0 Å². The van der Waals surface area contributed by atoms with Gasteiger partial charge in [-0.25, -0.2) is 0 Å². The molecule has 0 fully saturated rings. The maximum Gasteiger partial charge on any atom is 0.188 e. The molecule has 0 radical (unpaired) electrons. The van der Waals surface area contributed by atoms with E-state index in [2.05, 4.69) is 0 Å². The number of rotatable bonds is 3. The number of hydrogen-bond acceptors (Lipinski definition) is 4. The molecule has 0 spiro atoms. The molecule has 0 bridgehead atoms. The summed E-state index contributed by atoms with van der Waals surface area (Å²) in [7, 11) is 1.57. The number of benzene rings is 1. The van der Waals surface area contributed by atoms with Crippen molar-refractivity contribution < 1.29 is 14.6 Å². The SMILES string of the molecule is COc1cccc(=O)c2c(C)n(-c3ccc(C(=O)[O-])cc3)c(C)c12. The number of carboxylic acids is 1. The number of nitrogens with zero attached hydrogens (tertiary/aromatic N) is 1. The summed E-state index contributed by atoms with van der Waals surface area (Å²) >= 11 is 0. The van der Waals surface area contributed by atoms with Crippen molar-refractivity contribution in [3.8, 4) is 11.4 Å². The summed E-state index contributed by atoms with van der Waals surface area (Å²) in [6.45, 7) is 3.77. The lowest BCUT2D eigenvalue weighted by molar-refractivity contribution is -0.255. The van der Waals surface area contributed by atoms with Crippen LogP contribution in [-0.2, 0) is 0 Å². The van der Waals surface area contributed by atoms with Crippen molar-refractivity contribution in [1.29, 1.82) is 0 Å². The molecule has 3 aromatic rings. The van der Waals surface area contributed by atoms with E-state index in [1.165, 1.54) is 18.2 Å². The summed E-state index contributed by atoms with van der Waals surface area (Å²) in [5, 5.41) is 12.3. The van der Waals surface area contributed by atoms with Crippen LogP contribution in [0.1, 0.15) is 21.7 Å². The maximum atomic E-state index is 12.5. The van der Waals surface area contributed by atoms with E-state index in [1.807, 2.05) is 18.4 Å². The molecule has 0 saturated carbocycles. The monoisotopic (exact) mass is 322 g/mol. The van der Waals surface area contributed by atoms with Gasteiger partial charge in [-0.1, -0.05) is 18.2 Å². The predicted molar refractivity (Wildman–Crippen MR) is 89.9 cm³/mol. The summed E-state index contributed by atoms with van der Waals surface area (Å²) in [6.07, 6.45) is 0. The standard InChI is InChI=1S/C19H17NO4/c1-11-17-15(21)5-4-6-16(24-3)18(17)12(2)20(11)14-9-7-13(8-10-14)19(22)23/h4-10H,1-3H3,(H,22,23)/p-1. The average Bonchev–Trinajstić information content (AvgIpc) is 2.71. The number of ether oxygens (including phenoxy) is 1. The molecule has 1 heterocycles. The molecule has 0 aliphatic rings. The van der Waals surface area contributed by atoms with Crippen LogP contribution >= 0.6 is 0 Å². The number of methoxy groups -OCH3 is 1. The van der Waals surface area contributed by atoms with Crippen LogP contribution in [0.5, 0.6) is 5.75 Å². The highest BCUT2D eigenvalue weighted by Gasteiger charge is 2.17. The highest BCUT2D eigenvalue weighted by Crippen LogP contribution is 2.32. The van der Waals surface area contributed by atoms with Crippen LogP contribution in [0.2, 0.25) is 0 Å². The maximum absolute atomic E-state index is 12.5. The third-order valence-electron chi connectivity index (χ3n) is 4.21. The van der Waals surface area contributed by atoms with Crippen molar-refractivity contribution in [3.05, 3.63) is 69.6 Å². The number of aryl methyl sites for hydroxylation is 2. The first-order chi connectivity index (χ1) is 11.5. The van der Waals surface area contributed by atoms with Crippen molar-refractivity contribution >= 4 is 16.7 Å². The largest absolute Gasteiger partial charge is 0.545 e. The van der Waals surface area contributed by atoms with Crippen LogP contribution in [0.3, 0.4) is 0 Å². The Morgan fingerprint density at radius 1 is 1.00 bits per heavy atom. The van der Waals surface area contributed by atoms with Crippen molar-refractivity contribution in [2.45, 2.75) is 13.8 Å². The number of fused-ring (bicyclic) bond motifs is 1. The predicted octanol–water partition coefficient (Wildman–Crippen LogP) is 1.98. The summed E-state index contributed by atoms with van der Waals surface area (Å²) in [4.78, 5) is 23.4. The molecular formula is C19H16NO4-. The Labute approximate surface area is 138 Å². The van der Waals surface area contributed by atoms with Crippen LogP contribution in [0.25, 0.3) is 16.5 Å². The summed E-state index contributed by atoms with van der Waals surface area (Å²) in [5.74, 6) is -0.596.